The van der Waals surface area contributed by atoms with Crippen LogP contribution in [0.4, 0.5) is 5.82 Å². The fourth-order valence-corrected chi connectivity index (χ4v) is 3.94. The van der Waals surface area contributed by atoms with Crippen LogP contribution in [0.1, 0.15) is 18.5 Å². The molecule has 1 aliphatic heterocycles. The summed E-state index contributed by atoms with van der Waals surface area (Å²) in [4.78, 5) is 9.11. The lowest BCUT2D eigenvalue weighted by atomic mass is 10.1. The van der Waals surface area contributed by atoms with E-state index >= 15 is 0 Å². The summed E-state index contributed by atoms with van der Waals surface area (Å²) in [6, 6.07) is 7.90. The van der Waals surface area contributed by atoms with E-state index in [1.165, 1.54) is 0 Å². The third-order valence-electron chi connectivity index (χ3n) is 3.64. The molecular formula is C14H17N3O2S. The second kappa shape index (κ2) is 5.01. The first-order valence-electron chi connectivity index (χ1n) is 6.74. The van der Waals surface area contributed by atoms with E-state index in [1.807, 2.05) is 31.2 Å². The molecule has 2 aromatic rings. The number of nitrogens with zero attached hydrogens (tertiary/aromatic N) is 2. The van der Waals surface area contributed by atoms with Crippen molar-refractivity contribution in [1.82, 2.24) is 9.97 Å². The van der Waals surface area contributed by atoms with Crippen molar-refractivity contribution in [2.45, 2.75) is 25.8 Å². The topological polar surface area (TPSA) is 72.0 Å². The molecule has 1 fully saturated rings. The summed E-state index contributed by atoms with van der Waals surface area (Å²) >= 11 is 0. The van der Waals surface area contributed by atoms with Gasteiger partial charge in [-0.1, -0.05) is 12.1 Å². The van der Waals surface area contributed by atoms with Gasteiger partial charge in [-0.3, -0.25) is 0 Å². The summed E-state index contributed by atoms with van der Waals surface area (Å²) in [5.74, 6) is 1.27. The molecular weight excluding hydrogens is 274 g/mol. The summed E-state index contributed by atoms with van der Waals surface area (Å²) in [6.07, 6.45) is 1.27. The largest absolute Gasteiger partial charge is 0.366 e. The van der Waals surface area contributed by atoms with Crippen molar-refractivity contribution in [1.29, 1.82) is 0 Å². The van der Waals surface area contributed by atoms with Gasteiger partial charge < -0.3 is 5.32 Å². The number of aromatic nitrogens is 2. The average molecular weight is 291 g/mol. The van der Waals surface area contributed by atoms with Crippen LogP contribution in [0.25, 0.3) is 11.0 Å². The Kier molecular flexibility index (Phi) is 3.33. The van der Waals surface area contributed by atoms with Gasteiger partial charge in [-0.25, -0.2) is 18.4 Å². The quantitative estimate of drug-likeness (QED) is 0.915. The maximum atomic E-state index is 11.4. The van der Waals surface area contributed by atoms with Gasteiger partial charge in [0.05, 0.1) is 28.2 Å². The van der Waals surface area contributed by atoms with Crippen LogP contribution in [-0.4, -0.2) is 35.9 Å². The number of sulfone groups is 1. The zero-order valence-electron chi connectivity index (χ0n) is 11.3. The van der Waals surface area contributed by atoms with Gasteiger partial charge in [-0.2, -0.15) is 0 Å². The van der Waals surface area contributed by atoms with Crippen LogP contribution in [0.3, 0.4) is 0 Å². The molecule has 0 atom stereocenters. The molecule has 1 aromatic heterocycles. The maximum Gasteiger partial charge on any atom is 0.150 e. The monoisotopic (exact) mass is 291 g/mol. The molecule has 1 saturated heterocycles. The molecule has 2 heterocycles. The van der Waals surface area contributed by atoms with Gasteiger partial charge in [-0.15, -0.1) is 0 Å². The molecule has 0 radical (unpaired) electrons. The molecule has 1 N–H and O–H groups in total. The highest BCUT2D eigenvalue weighted by atomic mass is 32.2. The van der Waals surface area contributed by atoms with Crippen molar-refractivity contribution in [2.24, 2.45) is 0 Å². The van der Waals surface area contributed by atoms with E-state index in [0.29, 0.717) is 12.8 Å². The number of benzene rings is 1. The van der Waals surface area contributed by atoms with Crippen LogP contribution in [0.5, 0.6) is 0 Å². The highest BCUT2D eigenvalue weighted by molar-refractivity contribution is 7.91. The number of para-hydroxylation sites is 2. The number of rotatable bonds is 2. The van der Waals surface area contributed by atoms with Gasteiger partial charge in [0, 0.05) is 6.04 Å². The van der Waals surface area contributed by atoms with Gasteiger partial charge >= 0.3 is 0 Å². The molecule has 106 valence electrons. The molecule has 0 unspecified atom stereocenters. The van der Waals surface area contributed by atoms with Crippen molar-refractivity contribution < 1.29 is 8.42 Å². The van der Waals surface area contributed by atoms with Crippen LogP contribution in [0.15, 0.2) is 24.3 Å². The molecule has 3 rings (SSSR count). The van der Waals surface area contributed by atoms with Gasteiger partial charge in [0.15, 0.2) is 0 Å². The smallest absolute Gasteiger partial charge is 0.150 e. The first-order chi connectivity index (χ1) is 9.53. The Balaban J connectivity index is 1.82. The van der Waals surface area contributed by atoms with Crippen LogP contribution < -0.4 is 5.32 Å². The van der Waals surface area contributed by atoms with Gasteiger partial charge in [0.25, 0.3) is 0 Å². The molecule has 0 amide bonds. The number of anilines is 1. The minimum absolute atomic E-state index is 0.160. The highest BCUT2D eigenvalue weighted by Crippen LogP contribution is 2.20. The maximum absolute atomic E-state index is 11.4. The predicted molar refractivity (Wildman–Crippen MR) is 79.6 cm³/mol. The Morgan fingerprint density at radius 3 is 2.35 bits per heavy atom. The Bertz CT molecular complexity index is 729. The SMILES string of the molecule is Cc1nc2ccccc2nc1NC1CCS(=O)(=O)CC1. The number of fused-ring (bicyclic) bond motifs is 1. The summed E-state index contributed by atoms with van der Waals surface area (Å²) < 4.78 is 22.9. The highest BCUT2D eigenvalue weighted by Gasteiger charge is 2.24. The van der Waals surface area contributed by atoms with Crippen molar-refractivity contribution in [2.75, 3.05) is 16.8 Å². The Labute approximate surface area is 118 Å². The molecule has 1 aromatic carbocycles. The van der Waals surface area contributed by atoms with E-state index in [0.717, 1.165) is 22.5 Å². The predicted octanol–water partition coefficient (Wildman–Crippen LogP) is 1.93. The van der Waals surface area contributed by atoms with Crippen molar-refractivity contribution in [3.05, 3.63) is 30.0 Å². The molecule has 0 aliphatic carbocycles. The first kappa shape index (κ1) is 13.3. The Hall–Kier alpha value is -1.69. The van der Waals surface area contributed by atoms with E-state index in [2.05, 4.69) is 15.3 Å². The number of hydrogen-bond donors (Lipinski definition) is 1. The molecule has 6 heteroatoms. The summed E-state index contributed by atoms with van der Waals surface area (Å²) in [5, 5.41) is 3.34. The standard InChI is InChI=1S/C14H17N3O2S/c1-10-14(16-11-6-8-20(18,19)9-7-11)17-13-5-3-2-4-12(13)15-10/h2-5,11H,6-9H2,1H3,(H,16,17). The zero-order chi connectivity index (χ0) is 14.2. The molecule has 0 saturated carbocycles. The molecule has 0 bridgehead atoms. The lowest BCUT2D eigenvalue weighted by Gasteiger charge is -2.24. The molecule has 20 heavy (non-hydrogen) atoms. The Morgan fingerprint density at radius 2 is 1.70 bits per heavy atom. The van der Waals surface area contributed by atoms with Gasteiger partial charge in [0.2, 0.25) is 0 Å². The second-order valence-corrected chi connectivity index (χ2v) is 7.52. The van der Waals surface area contributed by atoms with Gasteiger partial charge in [0.1, 0.15) is 15.7 Å². The van der Waals surface area contributed by atoms with E-state index in [-0.39, 0.29) is 17.5 Å². The fourth-order valence-electron chi connectivity index (χ4n) is 2.45. The normalized spacial score (nSPS) is 19.1. The molecule has 5 nitrogen and oxygen atoms in total. The molecule has 0 spiro atoms. The minimum atomic E-state index is -2.83. The third kappa shape index (κ3) is 2.75. The van der Waals surface area contributed by atoms with Crippen LogP contribution in [-0.2, 0) is 9.84 Å². The van der Waals surface area contributed by atoms with E-state index in [4.69, 9.17) is 0 Å². The summed E-state index contributed by atoms with van der Waals surface area (Å²) in [5.41, 5.74) is 2.57. The van der Waals surface area contributed by atoms with Crippen LogP contribution in [0.2, 0.25) is 0 Å². The van der Waals surface area contributed by atoms with E-state index in [1.54, 1.807) is 0 Å². The van der Waals surface area contributed by atoms with Crippen molar-refractivity contribution in [3.63, 3.8) is 0 Å². The minimum Gasteiger partial charge on any atom is -0.366 e. The average Bonchev–Trinajstić information content (AvgIpc) is 2.42. The van der Waals surface area contributed by atoms with Gasteiger partial charge in [-0.05, 0) is 31.9 Å². The lowest BCUT2D eigenvalue weighted by Crippen LogP contribution is -2.32. The van der Waals surface area contributed by atoms with Crippen LogP contribution in [0, 0.1) is 6.92 Å². The number of hydrogen-bond acceptors (Lipinski definition) is 5. The van der Waals surface area contributed by atoms with E-state index in [9.17, 15) is 8.42 Å². The lowest BCUT2D eigenvalue weighted by molar-refractivity contribution is 0.559. The number of nitrogens with one attached hydrogen (secondary N) is 1. The zero-order valence-corrected chi connectivity index (χ0v) is 12.2. The summed E-state index contributed by atoms with van der Waals surface area (Å²) in [6.45, 7) is 1.92. The first-order valence-corrected chi connectivity index (χ1v) is 8.56. The van der Waals surface area contributed by atoms with E-state index < -0.39 is 9.84 Å². The Morgan fingerprint density at radius 1 is 1.10 bits per heavy atom. The summed E-state index contributed by atoms with van der Waals surface area (Å²) in [7, 11) is -2.83. The number of aryl methyl sites for hydroxylation is 1. The molecule has 1 aliphatic rings. The van der Waals surface area contributed by atoms with Crippen LogP contribution >= 0.6 is 0 Å². The van der Waals surface area contributed by atoms with Crippen molar-refractivity contribution in [3.8, 4) is 0 Å². The second-order valence-electron chi connectivity index (χ2n) is 5.22. The third-order valence-corrected chi connectivity index (χ3v) is 5.36. The fraction of sp³-hybridized carbons (Fsp3) is 0.429. The van der Waals surface area contributed by atoms with Crippen molar-refractivity contribution >= 4 is 26.7 Å².